The Kier molecular flexibility index (Phi) is 4.11. The average Bonchev–Trinajstić information content (AvgIpc) is 2.81. The summed E-state index contributed by atoms with van der Waals surface area (Å²) in [6.07, 6.45) is 2.95. The summed E-state index contributed by atoms with van der Waals surface area (Å²) in [7, 11) is 0. The third-order valence-corrected chi connectivity index (χ3v) is 3.54. The fraction of sp³-hybridized carbons (Fsp3) is 0.273. The van der Waals surface area contributed by atoms with Crippen molar-refractivity contribution in [2.75, 3.05) is 11.9 Å². The number of nitrogens with one attached hydrogen (secondary N) is 1. The summed E-state index contributed by atoms with van der Waals surface area (Å²) in [6, 6.07) is 2.04. The quantitative estimate of drug-likeness (QED) is 0.860. The number of anilines is 1. The van der Waals surface area contributed by atoms with Gasteiger partial charge in [-0.3, -0.25) is 0 Å². The average molecular weight is 345 g/mol. The molecule has 0 bridgehead atoms. The zero-order valence-electron chi connectivity index (χ0n) is 8.90. The molecule has 84 valence electrons. The second-order valence-corrected chi connectivity index (χ2v) is 5.27. The Morgan fingerprint density at radius 1 is 1.50 bits per heavy atom. The van der Waals surface area contributed by atoms with Crippen LogP contribution in [0.2, 0.25) is 0 Å². The number of aromatic nitrogens is 2. The second-order valence-electron chi connectivity index (χ2n) is 3.33. The van der Waals surface area contributed by atoms with Crippen molar-refractivity contribution in [1.29, 1.82) is 0 Å². The zero-order valence-corrected chi connectivity index (χ0v) is 11.9. The van der Waals surface area contributed by atoms with E-state index in [9.17, 15) is 0 Å². The minimum absolute atomic E-state index is 0.792. The van der Waals surface area contributed by atoms with Crippen LogP contribution in [0, 0.1) is 3.57 Å². The molecule has 5 heteroatoms. The molecule has 16 heavy (non-hydrogen) atoms. The summed E-state index contributed by atoms with van der Waals surface area (Å²) in [6.45, 7) is 3.08. The highest BCUT2D eigenvalue weighted by Gasteiger charge is 2.06. The van der Waals surface area contributed by atoms with Crippen LogP contribution in [-0.4, -0.2) is 16.5 Å². The molecule has 2 heterocycles. The van der Waals surface area contributed by atoms with Gasteiger partial charge < -0.3 is 5.32 Å². The maximum absolute atomic E-state index is 4.53. The van der Waals surface area contributed by atoms with Gasteiger partial charge in [-0.1, -0.05) is 6.92 Å². The Labute approximate surface area is 112 Å². The van der Waals surface area contributed by atoms with Crippen LogP contribution in [0.25, 0.3) is 11.4 Å². The van der Waals surface area contributed by atoms with Gasteiger partial charge in [-0.2, -0.15) is 11.3 Å². The molecule has 0 aliphatic heterocycles. The largest absolute Gasteiger partial charge is 0.369 e. The van der Waals surface area contributed by atoms with Gasteiger partial charge in [0.15, 0.2) is 5.82 Å². The lowest BCUT2D eigenvalue weighted by Crippen LogP contribution is -2.05. The van der Waals surface area contributed by atoms with Crippen LogP contribution in [-0.2, 0) is 0 Å². The maximum Gasteiger partial charge on any atom is 0.162 e. The summed E-state index contributed by atoms with van der Waals surface area (Å²) in [5.41, 5.74) is 1.08. The van der Waals surface area contributed by atoms with Gasteiger partial charge in [0.25, 0.3) is 0 Å². The summed E-state index contributed by atoms with van der Waals surface area (Å²) >= 11 is 3.91. The van der Waals surface area contributed by atoms with Crippen molar-refractivity contribution >= 4 is 39.7 Å². The first-order valence-corrected chi connectivity index (χ1v) is 7.12. The van der Waals surface area contributed by atoms with Gasteiger partial charge in [0.2, 0.25) is 0 Å². The molecule has 2 aromatic rings. The third-order valence-electron chi connectivity index (χ3n) is 2.07. The van der Waals surface area contributed by atoms with Crippen molar-refractivity contribution in [2.24, 2.45) is 0 Å². The van der Waals surface area contributed by atoms with E-state index in [1.807, 2.05) is 17.6 Å². The van der Waals surface area contributed by atoms with Crippen molar-refractivity contribution < 1.29 is 0 Å². The molecule has 0 aliphatic carbocycles. The number of hydrogen-bond donors (Lipinski definition) is 1. The monoisotopic (exact) mass is 345 g/mol. The van der Waals surface area contributed by atoms with Gasteiger partial charge in [-0.05, 0) is 40.5 Å². The molecular formula is C11H12IN3S. The molecule has 0 saturated heterocycles. The van der Waals surface area contributed by atoms with E-state index in [0.717, 1.165) is 33.7 Å². The van der Waals surface area contributed by atoms with Gasteiger partial charge in [0.1, 0.15) is 5.82 Å². The minimum atomic E-state index is 0.792. The van der Waals surface area contributed by atoms with Crippen molar-refractivity contribution in [3.63, 3.8) is 0 Å². The van der Waals surface area contributed by atoms with Crippen LogP contribution in [0.15, 0.2) is 23.0 Å². The summed E-state index contributed by atoms with van der Waals surface area (Å²) in [5, 5.41) is 7.41. The van der Waals surface area contributed by atoms with E-state index in [0.29, 0.717) is 0 Å². The normalized spacial score (nSPS) is 10.4. The lowest BCUT2D eigenvalue weighted by molar-refractivity contribution is 0.963. The number of nitrogens with zero attached hydrogens (tertiary/aromatic N) is 2. The molecule has 0 atom stereocenters. The Morgan fingerprint density at radius 2 is 2.38 bits per heavy atom. The molecule has 0 saturated carbocycles. The van der Waals surface area contributed by atoms with E-state index in [4.69, 9.17) is 0 Å². The Hall–Kier alpha value is -0.690. The molecule has 2 aromatic heterocycles. The van der Waals surface area contributed by atoms with Gasteiger partial charge in [0.05, 0.1) is 3.57 Å². The van der Waals surface area contributed by atoms with Crippen molar-refractivity contribution in [3.8, 4) is 11.4 Å². The van der Waals surface area contributed by atoms with E-state index in [1.165, 1.54) is 0 Å². The van der Waals surface area contributed by atoms with Gasteiger partial charge >= 0.3 is 0 Å². The van der Waals surface area contributed by atoms with Crippen LogP contribution >= 0.6 is 33.9 Å². The standard InChI is InChI=1S/C11H12IN3S/c1-2-4-13-11-9(12)6-14-10(15-11)8-3-5-16-7-8/h3,5-7H,2,4H2,1H3,(H,13,14,15). The lowest BCUT2D eigenvalue weighted by Gasteiger charge is -2.07. The van der Waals surface area contributed by atoms with E-state index in [-0.39, 0.29) is 0 Å². The first-order valence-electron chi connectivity index (χ1n) is 5.10. The molecule has 1 N–H and O–H groups in total. The first-order chi connectivity index (χ1) is 7.81. The van der Waals surface area contributed by atoms with E-state index in [1.54, 1.807) is 11.3 Å². The van der Waals surface area contributed by atoms with Crippen molar-refractivity contribution in [1.82, 2.24) is 9.97 Å². The molecule has 0 radical (unpaired) electrons. The molecule has 0 fully saturated rings. The summed E-state index contributed by atoms with van der Waals surface area (Å²) in [5.74, 6) is 1.72. The van der Waals surface area contributed by atoms with E-state index < -0.39 is 0 Å². The number of halogens is 1. The highest BCUT2D eigenvalue weighted by molar-refractivity contribution is 14.1. The Balaban J connectivity index is 2.28. The Morgan fingerprint density at radius 3 is 3.06 bits per heavy atom. The molecule has 0 aromatic carbocycles. The van der Waals surface area contributed by atoms with Gasteiger partial charge in [-0.15, -0.1) is 0 Å². The third kappa shape index (κ3) is 2.70. The number of hydrogen-bond acceptors (Lipinski definition) is 4. The van der Waals surface area contributed by atoms with Crippen LogP contribution in [0.1, 0.15) is 13.3 Å². The summed E-state index contributed by atoms with van der Waals surface area (Å²) < 4.78 is 1.06. The molecule has 0 unspecified atom stereocenters. The number of rotatable bonds is 4. The first kappa shape index (κ1) is 11.8. The lowest BCUT2D eigenvalue weighted by atomic mass is 10.3. The minimum Gasteiger partial charge on any atom is -0.369 e. The van der Waals surface area contributed by atoms with Gasteiger partial charge in [0, 0.05) is 23.7 Å². The van der Waals surface area contributed by atoms with Crippen molar-refractivity contribution in [2.45, 2.75) is 13.3 Å². The Bertz CT molecular complexity index is 456. The smallest absolute Gasteiger partial charge is 0.162 e. The molecule has 0 aliphatic rings. The predicted molar refractivity (Wildman–Crippen MR) is 76.8 cm³/mol. The molecule has 0 amide bonds. The van der Waals surface area contributed by atoms with Crippen LogP contribution in [0.3, 0.4) is 0 Å². The molecule has 3 nitrogen and oxygen atoms in total. The highest BCUT2D eigenvalue weighted by atomic mass is 127. The fourth-order valence-electron chi connectivity index (χ4n) is 1.27. The van der Waals surface area contributed by atoms with E-state index in [2.05, 4.69) is 50.2 Å². The second kappa shape index (κ2) is 5.58. The molecule has 2 rings (SSSR count). The van der Waals surface area contributed by atoms with E-state index >= 15 is 0 Å². The molecule has 0 spiro atoms. The van der Waals surface area contributed by atoms with Gasteiger partial charge in [-0.25, -0.2) is 9.97 Å². The topological polar surface area (TPSA) is 37.8 Å². The highest BCUT2D eigenvalue weighted by Crippen LogP contribution is 2.22. The fourth-order valence-corrected chi connectivity index (χ4v) is 2.35. The van der Waals surface area contributed by atoms with Crippen LogP contribution in [0.5, 0.6) is 0 Å². The van der Waals surface area contributed by atoms with Crippen LogP contribution in [0.4, 0.5) is 5.82 Å². The maximum atomic E-state index is 4.53. The predicted octanol–water partition coefficient (Wildman–Crippen LogP) is 3.63. The zero-order chi connectivity index (χ0) is 11.4. The summed E-state index contributed by atoms with van der Waals surface area (Å²) in [4.78, 5) is 8.87. The van der Waals surface area contributed by atoms with Crippen LogP contribution < -0.4 is 5.32 Å². The molecular weight excluding hydrogens is 333 g/mol. The number of thiophene rings is 1. The SMILES string of the molecule is CCCNc1nc(-c2ccsc2)ncc1I. The van der Waals surface area contributed by atoms with Crippen molar-refractivity contribution in [3.05, 3.63) is 26.6 Å².